The van der Waals surface area contributed by atoms with Crippen molar-refractivity contribution in [2.45, 2.75) is 35.4 Å². The highest BCUT2D eigenvalue weighted by atomic mass is 35.5. The van der Waals surface area contributed by atoms with Gasteiger partial charge in [-0.25, -0.2) is 0 Å². The van der Waals surface area contributed by atoms with Gasteiger partial charge >= 0.3 is 6.18 Å². The van der Waals surface area contributed by atoms with Gasteiger partial charge in [0.1, 0.15) is 0 Å². The summed E-state index contributed by atoms with van der Waals surface area (Å²) >= 11 is 6.97. The van der Waals surface area contributed by atoms with Crippen LogP contribution in [0.15, 0.2) is 46.2 Å². The van der Waals surface area contributed by atoms with Crippen molar-refractivity contribution < 1.29 is 23.1 Å². The maximum Gasteiger partial charge on any atom is 0.417 e. The van der Waals surface area contributed by atoms with E-state index in [1.807, 2.05) is 0 Å². The van der Waals surface area contributed by atoms with E-state index in [-0.39, 0.29) is 28.1 Å². The number of aliphatic hydroxyl groups excluding tert-OH is 1. The zero-order valence-electron chi connectivity index (χ0n) is 13.5. The Morgan fingerprint density at radius 2 is 2.00 bits per heavy atom. The molecule has 8 heteroatoms. The van der Waals surface area contributed by atoms with Gasteiger partial charge in [-0.1, -0.05) is 35.5 Å². The van der Waals surface area contributed by atoms with E-state index >= 15 is 0 Å². The smallest absolute Gasteiger partial charge is 0.392 e. The van der Waals surface area contributed by atoms with Gasteiger partial charge in [0.25, 0.3) is 0 Å². The van der Waals surface area contributed by atoms with Crippen LogP contribution in [0.25, 0.3) is 0 Å². The van der Waals surface area contributed by atoms with E-state index in [1.54, 1.807) is 18.2 Å². The minimum absolute atomic E-state index is 0.0318. The molecule has 1 amide bonds. The van der Waals surface area contributed by atoms with E-state index in [0.717, 1.165) is 17.8 Å². The average Bonchev–Trinajstić information content (AvgIpc) is 3.02. The first-order valence-electron chi connectivity index (χ1n) is 7.89. The zero-order chi connectivity index (χ0) is 18.9. The van der Waals surface area contributed by atoms with Gasteiger partial charge in [0, 0.05) is 28.4 Å². The molecule has 1 N–H and O–H groups in total. The molecule has 2 aromatic carbocycles. The van der Waals surface area contributed by atoms with Crippen molar-refractivity contribution in [3.8, 4) is 0 Å². The van der Waals surface area contributed by atoms with E-state index in [1.165, 1.54) is 17.0 Å². The van der Waals surface area contributed by atoms with Crippen molar-refractivity contribution >= 4 is 35.0 Å². The van der Waals surface area contributed by atoms with E-state index in [4.69, 9.17) is 11.6 Å². The minimum atomic E-state index is -4.58. The van der Waals surface area contributed by atoms with Crippen LogP contribution in [0.2, 0.25) is 5.02 Å². The Bertz CT molecular complexity index is 842. The lowest BCUT2D eigenvalue weighted by Crippen LogP contribution is -2.24. The molecule has 0 radical (unpaired) electrons. The molecule has 2 aromatic rings. The Labute approximate surface area is 157 Å². The Balaban J connectivity index is 2.04. The number of carbonyl (C=O) groups excluding carboxylic acids is 1. The first-order valence-corrected chi connectivity index (χ1v) is 9.08. The van der Waals surface area contributed by atoms with Crippen LogP contribution in [-0.4, -0.2) is 17.6 Å². The number of hydrogen-bond acceptors (Lipinski definition) is 3. The van der Waals surface area contributed by atoms with Crippen molar-refractivity contribution in [1.82, 2.24) is 0 Å². The number of carbonyl (C=O) groups is 1. The second-order valence-electron chi connectivity index (χ2n) is 5.82. The molecular formula is C18H15ClF3NO2S. The van der Waals surface area contributed by atoms with Crippen LogP contribution in [0.1, 0.15) is 24.0 Å². The third-order valence-corrected chi connectivity index (χ3v) is 5.77. The van der Waals surface area contributed by atoms with Crippen LogP contribution in [0.5, 0.6) is 0 Å². The maximum atomic E-state index is 13.6. The Hall–Kier alpha value is -1.70. The number of nitrogens with zero attached hydrogens (tertiary/aromatic N) is 1. The molecule has 1 aliphatic rings. The zero-order valence-corrected chi connectivity index (χ0v) is 15.1. The third-order valence-electron chi connectivity index (χ3n) is 4.08. The standard InChI is InChI=1S/C18H15ClF3NO2S/c19-14-4-1-3-11(10-24)17(14)26-15-7-6-12(9-13(15)18(20,21)22)23-8-2-5-16(23)25/h1,3-4,6-7,9,24H,2,5,8,10H2. The number of rotatable bonds is 4. The summed E-state index contributed by atoms with van der Waals surface area (Å²) in [6.07, 6.45) is -3.60. The molecule has 0 aromatic heterocycles. The predicted octanol–water partition coefficient (Wildman–Crippen LogP) is 5.13. The van der Waals surface area contributed by atoms with E-state index in [0.29, 0.717) is 29.8 Å². The van der Waals surface area contributed by atoms with Gasteiger partial charge in [-0.15, -0.1) is 0 Å². The van der Waals surface area contributed by atoms with Crippen molar-refractivity contribution in [3.05, 3.63) is 52.5 Å². The highest BCUT2D eigenvalue weighted by Gasteiger charge is 2.35. The Morgan fingerprint density at radius 1 is 1.23 bits per heavy atom. The van der Waals surface area contributed by atoms with Gasteiger partial charge in [-0.2, -0.15) is 13.2 Å². The Morgan fingerprint density at radius 3 is 2.62 bits per heavy atom. The summed E-state index contributed by atoms with van der Waals surface area (Å²) in [7, 11) is 0. The monoisotopic (exact) mass is 401 g/mol. The predicted molar refractivity (Wildman–Crippen MR) is 94.5 cm³/mol. The molecule has 1 fully saturated rings. The molecular weight excluding hydrogens is 387 g/mol. The molecule has 0 aliphatic carbocycles. The second-order valence-corrected chi connectivity index (χ2v) is 7.27. The maximum absolute atomic E-state index is 13.6. The fourth-order valence-electron chi connectivity index (χ4n) is 2.82. The van der Waals surface area contributed by atoms with E-state index in [2.05, 4.69) is 0 Å². The van der Waals surface area contributed by atoms with Gasteiger partial charge in [0.2, 0.25) is 5.91 Å². The average molecular weight is 402 g/mol. The lowest BCUT2D eigenvalue weighted by molar-refractivity contribution is -0.139. The second kappa shape index (κ2) is 7.50. The van der Waals surface area contributed by atoms with E-state index < -0.39 is 11.7 Å². The largest absolute Gasteiger partial charge is 0.417 e. The minimum Gasteiger partial charge on any atom is -0.392 e. The van der Waals surface area contributed by atoms with Crippen LogP contribution in [0.4, 0.5) is 18.9 Å². The summed E-state index contributed by atoms with van der Waals surface area (Å²) in [6.45, 7) is 0.0897. The molecule has 0 saturated carbocycles. The Kier molecular flexibility index (Phi) is 5.50. The molecule has 0 atom stereocenters. The first kappa shape index (κ1) is 19.1. The number of amides is 1. The van der Waals surface area contributed by atoms with Crippen molar-refractivity contribution in [2.75, 3.05) is 11.4 Å². The normalized spacial score (nSPS) is 15.0. The fourth-order valence-corrected chi connectivity index (χ4v) is 4.20. The van der Waals surface area contributed by atoms with Gasteiger partial charge in [0.15, 0.2) is 0 Å². The lowest BCUT2D eigenvalue weighted by Gasteiger charge is -2.20. The van der Waals surface area contributed by atoms with Gasteiger partial charge < -0.3 is 10.0 Å². The molecule has 138 valence electrons. The van der Waals surface area contributed by atoms with Gasteiger partial charge in [0.05, 0.1) is 17.2 Å². The summed E-state index contributed by atoms with van der Waals surface area (Å²) in [4.78, 5) is 13.6. The van der Waals surface area contributed by atoms with Crippen molar-refractivity contribution in [3.63, 3.8) is 0 Å². The molecule has 1 heterocycles. The number of anilines is 1. The van der Waals surface area contributed by atoms with Crippen LogP contribution in [0, 0.1) is 0 Å². The van der Waals surface area contributed by atoms with Gasteiger partial charge in [-0.05, 0) is 36.2 Å². The lowest BCUT2D eigenvalue weighted by atomic mass is 10.2. The number of aliphatic hydroxyl groups is 1. The summed E-state index contributed by atoms with van der Waals surface area (Å²) in [5.41, 5.74) is -0.136. The molecule has 0 bridgehead atoms. The highest BCUT2D eigenvalue weighted by Crippen LogP contribution is 2.44. The van der Waals surface area contributed by atoms with Crippen molar-refractivity contribution in [2.24, 2.45) is 0 Å². The van der Waals surface area contributed by atoms with Crippen LogP contribution < -0.4 is 4.90 Å². The molecule has 26 heavy (non-hydrogen) atoms. The molecule has 0 unspecified atom stereocenters. The quantitative estimate of drug-likeness (QED) is 0.772. The number of halogens is 4. The number of hydrogen-bond donors (Lipinski definition) is 1. The summed E-state index contributed by atoms with van der Waals surface area (Å²) < 4.78 is 40.8. The summed E-state index contributed by atoms with van der Waals surface area (Å²) in [6, 6.07) is 8.66. The molecule has 1 saturated heterocycles. The molecule has 3 nitrogen and oxygen atoms in total. The topological polar surface area (TPSA) is 40.5 Å². The van der Waals surface area contributed by atoms with Crippen LogP contribution in [0.3, 0.4) is 0 Å². The third kappa shape index (κ3) is 3.84. The van der Waals surface area contributed by atoms with Gasteiger partial charge in [-0.3, -0.25) is 4.79 Å². The fraction of sp³-hybridized carbons (Fsp3) is 0.278. The van der Waals surface area contributed by atoms with Crippen LogP contribution in [-0.2, 0) is 17.6 Å². The van der Waals surface area contributed by atoms with Crippen molar-refractivity contribution in [1.29, 1.82) is 0 Å². The molecule has 1 aliphatic heterocycles. The number of alkyl halides is 3. The summed E-state index contributed by atoms with van der Waals surface area (Å²) in [5, 5.41) is 9.70. The highest BCUT2D eigenvalue weighted by molar-refractivity contribution is 7.99. The molecule has 3 rings (SSSR count). The first-order chi connectivity index (χ1) is 12.3. The SMILES string of the molecule is O=C1CCCN1c1ccc(Sc2c(Cl)cccc2CO)c(C(F)(F)F)c1. The van der Waals surface area contributed by atoms with Crippen LogP contribution >= 0.6 is 23.4 Å². The molecule has 0 spiro atoms. The summed E-state index contributed by atoms with van der Waals surface area (Å²) in [5.74, 6) is -0.174. The van der Waals surface area contributed by atoms with E-state index in [9.17, 15) is 23.1 Å². The number of benzene rings is 2.